The Balaban J connectivity index is 1.67. The van der Waals surface area contributed by atoms with Crippen molar-refractivity contribution in [3.63, 3.8) is 0 Å². The first-order chi connectivity index (χ1) is 12.2. The molecule has 3 rings (SSSR count). The highest BCUT2D eigenvalue weighted by Crippen LogP contribution is 2.16. The number of hydrogen-bond acceptors (Lipinski definition) is 4. The second kappa shape index (κ2) is 8.77. The summed E-state index contributed by atoms with van der Waals surface area (Å²) in [4.78, 5) is 4.92. The fourth-order valence-electron chi connectivity index (χ4n) is 3.25. The van der Waals surface area contributed by atoms with Gasteiger partial charge in [0, 0.05) is 45.3 Å². The Hall–Kier alpha value is -2.19. The Labute approximate surface area is 150 Å². The molecule has 1 atom stereocenters. The monoisotopic (exact) mass is 334 g/mol. The van der Waals surface area contributed by atoms with E-state index in [-0.39, 0.29) is 6.04 Å². The number of nitriles is 1. The molecule has 0 saturated carbocycles. The van der Waals surface area contributed by atoms with Gasteiger partial charge >= 0.3 is 0 Å². The maximum absolute atomic E-state index is 9.07. The molecule has 1 saturated heterocycles. The number of hydrogen-bond donors (Lipinski definition) is 1. The van der Waals surface area contributed by atoms with Crippen LogP contribution < -0.4 is 5.32 Å². The van der Waals surface area contributed by atoms with E-state index in [1.165, 1.54) is 5.56 Å². The molecule has 0 aliphatic carbocycles. The normalized spacial score (nSPS) is 17.1. The van der Waals surface area contributed by atoms with Crippen molar-refractivity contribution in [2.75, 3.05) is 39.8 Å². The smallest absolute Gasteiger partial charge is 0.0991 e. The van der Waals surface area contributed by atoms with E-state index in [4.69, 9.17) is 5.26 Å². The second-order valence-corrected chi connectivity index (χ2v) is 6.76. The Bertz CT molecular complexity index is 699. The van der Waals surface area contributed by atoms with Crippen LogP contribution in [-0.2, 0) is 6.54 Å². The van der Waals surface area contributed by atoms with E-state index in [2.05, 4.69) is 64.6 Å². The predicted octanol–water partition coefficient (Wildman–Crippen LogP) is 2.64. The molecule has 4 nitrogen and oxygen atoms in total. The van der Waals surface area contributed by atoms with Gasteiger partial charge in [0.15, 0.2) is 0 Å². The Kier molecular flexibility index (Phi) is 6.19. The van der Waals surface area contributed by atoms with Gasteiger partial charge in [-0.3, -0.25) is 4.90 Å². The summed E-state index contributed by atoms with van der Waals surface area (Å²) in [5, 5.41) is 12.8. The van der Waals surface area contributed by atoms with Crippen LogP contribution in [0.25, 0.3) is 0 Å². The van der Waals surface area contributed by atoms with Gasteiger partial charge in [-0.2, -0.15) is 5.26 Å². The van der Waals surface area contributed by atoms with E-state index in [0.29, 0.717) is 0 Å². The highest BCUT2D eigenvalue weighted by Gasteiger charge is 2.19. The van der Waals surface area contributed by atoms with Crippen LogP contribution >= 0.6 is 0 Å². The Morgan fingerprint density at radius 3 is 2.52 bits per heavy atom. The fraction of sp³-hybridized carbons (Fsp3) is 0.381. The topological polar surface area (TPSA) is 42.3 Å². The van der Waals surface area contributed by atoms with Crippen molar-refractivity contribution in [2.45, 2.75) is 12.6 Å². The fourth-order valence-corrected chi connectivity index (χ4v) is 3.25. The van der Waals surface area contributed by atoms with Crippen LogP contribution in [0.15, 0.2) is 54.6 Å². The maximum atomic E-state index is 9.07. The van der Waals surface area contributed by atoms with E-state index in [1.807, 2.05) is 18.2 Å². The van der Waals surface area contributed by atoms with Gasteiger partial charge in [0.1, 0.15) is 0 Å². The van der Waals surface area contributed by atoms with Crippen LogP contribution in [0.3, 0.4) is 0 Å². The minimum absolute atomic E-state index is 0.287. The Morgan fingerprint density at radius 1 is 1.04 bits per heavy atom. The van der Waals surface area contributed by atoms with Crippen molar-refractivity contribution >= 4 is 0 Å². The third kappa shape index (κ3) is 5.14. The Morgan fingerprint density at radius 2 is 1.80 bits per heavy atom. The third-order valence-electron chi connectivity index (χ3n) is 4.85. The minimum atomic E-state index is 0.287. The third-order valence-corrected chi connectivity index (χ3v) is 4.85. The molecule has 4 heteroatoms. The van der Waals surface area contributed by atoms with Crippen LogP contribution in [0.5, 0.6) is 0 Å². The van der Waals surface area contributed by atoms with E-state index < -0.39 is 0 Å². The summed E-state index contributed by atoms with van der Waals surface area (Å²) in [6.45, 7) is 6.27. The molecule has 0 bridgehead atoms. The number of piperazine rings is 1. The van der Waals surface area contributed by atoms with Crippen molar-refractivity contribution in [3.05, 3.63) is 71.3 Å². The summed E-state index contributed by atoms with van der Waals surface area (Å²) in [6.07, 6.45) is 0. The summed E-state index contributed by atoms with van der Waals surface area (Å²) in [5.41, 5.74) is 3.19. The van der Waals surface area contributed by atoms with Crippen molar-refractivity contribution in [1.82, 2.24) is 15.1 Å². The lowest BCUT2D eigenvalue weighted by Gasteiger charge is -2.35. The quantitative estimate of drug-likeness (QED) is 0.882. The number of nitrogens with one attached hydrogen (secondary N) is 1. The summed E-state index contributed by atoms with van der Waals surface area (Å²) < 4.78 is 0. The molecule has 0 spiro atoms. The lowest BCUT2D eigenvalue weighted by molar-refractivity contribution is 0.142. The molecule has 1 aliphatic rings. The SMILES string of the molecule is CN1CCN(C[C@H](NCc2cccc(C#N)c2)c2ccccc2)CC1. The largest absolute Gasteiger partial charge is 0.305 e. The van der Waals surface area contributed by atoms with Gasteiger partial charge < -0.3 is 10.2 Å². The zero-order chi connectivity index (χ0) is 17.5. The lowest BCUT2D eigenvalue weighted by atomic mass is 10.0. The van der Waals surface area contributed by atoms with Crippen molar-refractivity contribution < 1.29 is 0 Å². The molecule has 130 valence electrons. The number of nitrogens with zero attached hydrogens (tertiary/aromatic N) is 3. The standard InChI is InChI=1S/C21H26N4/c1-24-10-12-25(13-11-24)17-21(20-8-3-2-4-9-20)23-16-19-7-5-6-18(14-19)15-22/h2-9,14,21,23H,10-13,16-17H2,1H3/t21-/m0/s1. The minimum Gasteiger partial charge on any atom is -0.305 e. The molecule has 25 heavy (non-hydrogen) atoms. The van der Waals surface area contributed by atoms with Crippen molar-refractivity contribution in [2.24, 2.45) is 0 Å². The molecule has 1 N–H and O–H groups in total. The first-order valence-corrected chi connectivity index (χ1v) is 8.93. The first kappa shape index (κ1) is 17.6. The van der Waals surface area contributed by atoms with Gasteiger partial charge in [-0.25, -0.2) is 0 Å². The molecule has 1 heterocycles. The van der Waals surface area contributed by atoms with Crippen LogP contribution in [-0.4, -0.2) is 49.6 Å². The summed E-state index contributed by atoms with van der Waals surface area (Å²) >= 11 is 0. The van der Waals surface area contributed by atoms with Crippen LogP contribution in [0, 0.1) is 11.3 Å². The molecule has 1 fully saturated rings. The lowest BCUT2D eigenvalue weighted by Crippen LogP contribution is -2.47. The molecule has 2 aromatic rings. The second-order valence-electron chi connectivity index (χ2n) is 6.76. The summed E-state index contributed by atoms with van der Waals surface area (Å²) in [5.74, 6) is 0. The van der Waals surface area contributed by atoms with E-state index in [9.17, 15) is 0 Å². The van der Waals surface area contributed by atoms with E-state index in [1.54, 1.807) is 0 Å². The average Bonchev–Trinajstić information content (AvgIpc) is 2.67. The number of benzene rings is 2. The summed E-state index contributed by atoms with van der Waals surface area (Å²) in [7, 11) is 2.19. The molecule has 2 aromatic carbocycles. The van der Waals surface area contributed by atoms with Crippen LogP contribution in [0.4, 0.5) is 0 Å². The molecule has 0 aromatic heterocycles. The zero-order valence-corrected chi connectivity index (χ0v) is 14.9. The molecule has 0 amide bonds. The highest BCUT2D eigenvalue weighted by molar-refractivity contribution is 5.32. The molecular weight excluding hydrogens is 308 g/mol. The van der Waals surface area contributed by atoms with Gasteiger partial charge in [-0.05, 0) is 30.3 Å². The van der Waals surface area contributed by atoms with Gasteiger partial charge in [-0.1, -0.05) is 42.5 Å². The average molecular weight is 334 g/mol. The first-order valence-electron chi connectivity index (χ1n) is 8.93. The van der Waals surface area contributed by atoms with Gasteiger partial charge in [0.05, 0.1) is 11.6 Å². The maximum Gasteiger partial charge on any atom is 0.0991 e. The number of likely N-dealkylation sites (N-methyl/N-ethyl adjacent to an activating group) is 1. The predicted molar refractivity (Wildman–Crippen MR) is 101 cm³/mol. The van der Waals surface area contributed by atoms with Crippen LogP contribution in [0.2, 0.25) is 0 Å². The van der Waals surface area contributed by atoms with Crippen LogP contribution in [0.1, 0.15) is 22.7 Å². The van der Waals surface area contributed by atoms with E-state index in [0.717, 1.165) is 50.4 Å². The molecule has 0 radical (unpaired) electrons. The highest BCUT2D eigenvalue weighted by atomic mass is 15.3. The van der Waals surface area contributed by atoms with Crippen molar-refractivity contribution in [3.8, 4) is 6.07 Å². The van der Waals surface area contributed by atoms with E-state index >= 15 is 0 Å². The van der Waals surface area contributed by atoms with Gasteiger partial charge in [0.2, 0.25) is 0 Å². The van der Waals surface area contributed by atoms with Gasteiger partial charge in [-0.15, -0.1) is 0 Å². The molecule has 1 aliphatic heterocycles. The van der Waals surface area contributed by atoms with Gasteiger partial charge in [0.25, 0.3) is 0 Å². The molecule has 0 unspecified atom stereocenters. The zero-order valence-electron chi connectivity index (χ0n) is 14.9. The number of rotatable bonds is 6. The molecular formula is C21H26N4. The van der Waals surface area contributed by atoms with Crippen molar-refractivity contribution in [1.29, 1.82) is 5.26 Å². The summed E-state index contributed by atoms with van der Waals surface area (Å²) in [6, 6.07) is 21.0.